The van der Waals surface area contributed by atoms with Gasteiger partial charge in [0.05, 0.1) is 5.56 Å². The summed E-state index contributed by atoms with van der Waals surface area (Å²) >= 11 is 0. The predicted octanol–water partition coefficient (Wildman–Crippen LogP) is 3.03. The Labute approximate surface area is 115 Å². The number of hydrogen-bond donors (Lipinski definition) is 1. The maximum absolute atomic E-state index is 13.3. The third-order valence-corrected chi connectivity index (χ3v) is 3.69. The summed E-state index contributed by atoms with van der Waals surface area (Å²) in [5.41, 5.74) is -0.544. The first-order valence-corrected chi connectivity index (χ1v) is 6.65. The Morgan fingerprint density at radius 3 is 2.40 bits per heavy atom. The van der Waals surface area contributed by atoms with E-state index in [1.165, 1.54) is 6.07 Å². The second-order valence-corrected chi connectivity index (χ2v) is 5.19. The molecule has 20 heavy (non-hydrogen) atoms. The Morgan fingerprint density at radius 1 is 1.20 bits per heavy atom. The molecule has 0 amide bonds. The average molecular weight is 290 g/mol. The molecule has 1 fully saturated rings. The lowest BCUT2D eigenvalue weighted by atomic mass is 10.0. The Balaban J connectivity index is 2.05. The topological polar surface area (TPSA) is 15.3 Å². The number of benzene rings is 1. The molecule has 0 saturated carbocycles. The van der Waals surface area contributed by atoms with Gasteiger partial charge in [0.1, 0.15) is 5.82 Å². The van der Waals surface area contributed by atoms with E-state index in [1.54, 1.807) is 0 Å². The molecular formula is C14H18F4N2. The van der Waals surface area contributed by atoms with Crippen molar-refractivity contribution in [3.8, 4) is 0 Å². The molecule has 2 rings (SSSR count). The third-order valence-electron chi connectivity index (χ3n) is 3.69. The lowest BCUT2D eigenvalue weighted by molar-refractivity contribution is -0.137. The van der Waals surface area contributed by atoms with Crippen LogP contribution in [0.15, 0.2) is 18.2 Å². The summed E-state index contributed by atoms with van der Waals surface area (Å²) < 4.78 is 51.2. The molecule has 1 aromatic rings. The molecule has 2 nitrogen and oxygen atoms in total. The molecule has 0 aromatic heterocycles. The van der Waals surface area contributed by atoms with Gasteiger partial charge in [-0.1, -0.05) is 0 Å². The molecule has 1 N–H and O–H groups in total. The molecule has 0 unspecified atom stereocenters. The number of piperidine rings is 1. The molecule has 1 heterocycles. The zero-order valence-corrected chi connectivity index (χ0v) is 11.3. The number of rotatable bonds is 3. The minimum Gasteiger partial charge on any atom is -0.317 e. The van der Waals surface area contributed by atoms with Crippen molar-refractivity contribution in [3.63, 3.8) is 0 Å². The van der Waals surface area contributed by atoms with Crippen molar-refractivity contribution in [3.05, 3.63) is 35.1 Å². The van der Waals surface area contributed by atoms with Gasteiger partial charge in [0.2, 0.25) is 0 Å². The smallest absolute Gasteiger partial charge is 0.317 e. The number of nitrogens with one attached hydrogen (secondary N) is 1. The number of alkyl halides is 3. The Morgan fingerprint density at radius 2 is 1.85 bits per heavy atom. The minimum atomic E-state index is -4.50. The summed E-state index contributed by atoms with van der Waals surface area (Å²) in [7, 11) is 1.91. The molecule has 1 aliphatic heterocycles. The van der Waals surface area contributed by atoms with Gasteiger partial charge in [0.25, 0.3) is 0 Å². The summed E-state index contributed by atoms with van der Waals surface area (Å²) in [6.07, 6.45) is -2.59. The highest BCUT2D eigenvalue weighted by atomic mass is 19.4. The molecule has 1 aromatic carbocycles. The summed E-state index contributed by atoms with van der Waals surface area (Å²) in [6.45, 7) is 1.98. The molecule has 0 radical (unpaired) electrons. The van der Waals surface area contributed by atoms with Crippen molar-refractivity contribution in [1.29, 1.82) is 0 Å². The van der Waals surface area contributed by atoms with E-state index in [9.17, 15) is 17.6 Å². The van der Waals surface area contributed by atoms with Crippen LogP contribution in [0.3, 0.4) is 0 Å². The number of likely N-dealkylation sites (tertiary alicyclic amines) is 1. The molecular weight excluding hydrogens is 272 g/mol. The summed E-state index contributed by atoms with van der Waals surface area (Å²) in [6, 6.07) is 3.22. The van der Waals surface area contributed by atoms with Crippen LogP contribution in [-0.4, -0.2) is 31.1 Å². The molecule has 1 saturated heterocycles. The van der Waals surface area contributed by atoms with Gasteiger partial charge in [-0.15, -0.1) is 0 Å². The summed E-state index contributed by atoms with van der Waals surface area (Å²) in [5, 5.41) is 3.19. The predicted molar refractivity (Wildman–Crippen MR) is 68.8 cm³/mol. The third kappa shape index (κ3) is 3.93. The van der Waals surface area contributed by atoms with Crippen LogP contribution in [0.2, 0.25) is 0 Å². The van der Waals surface area contributed by atoms with Crippen molar-refractivity contribution < 1.29 is 17.6 Å². The zero-order valence-electron chi connectivity index (χ0n) is 11.3. The number of hydrogen-bond acceptors (Lipinski definition) is 2. The van der Waals surface area contributed by atoms with Crippen LogP contribution in [-0.2, 0) is 12.7 Å². The molecule has 1 aliphatic rings. The SMILES string of the molecule is CNC1CCN(Cc2cc(F)cc(C(F)(F)F)c2)CC1. The van der Waals surface area contributed by atoms with Crippen LogP contribution >= 0.6 is 0 Å². The van der Waals surface area contributed by atoms with E-state index in [1.807, 2.05) is 7.05 Å². The highest BCUT2D eigenvalue weighted by Crippen LogP contribution is 2.30. The van der Waals surface area contributed by atoms with Crippen molar-refractivity contribution in [2.24, 2.45) is 0 Å². The van der Waals surface area contributed by atoms with Gasteiger partial charge in [-0.05, 0) is 56.7 Å². The van der Waals surface area contributed by atoms with Gasteiger partial charge in [-0.3, -0.25) is 4.90 Å². The maximum Gasteiger partial charge on any atom is 0.416 e. The molecule has 6 heteroatoms. The van der Waals surface area contributed by atoms with Crippen LogP contribution in [0.4, 0.5) is 17.6 Å². The standard InChI is InChI=1S/C14H18F4N2/c1-19-13-2-4-20(5-3-13)9-10-6-11(14(16,17)18)8-12(15)7-10/h6-8,13,19H,2-5,9H2,1H3. The van der Waals surface area contributed by atoms with Crippen LogP contribution in [0.5, 0.6) is 0 Å². The van der Waals surface area contributed by atoms with Gasteiger partial charge < -0.3 is 5.32 Å². The van der Waals surface area contributed by atoms with Crippen molar-refractivity contribution in [2.45, 2.75) is 31.6 Å². The molecule has 0 spiro atoms. The fourth-order valence-electron chi connectivity index (χ4n) is 2.54. The first kappa shape index (κ1) is 15.3. The van der Waals surface area contributed by atoms with E-state index >= 15 is 0 Å². The van der Waals surface area contributed by atoms with Gasteiger partial charge >= 0.3 is 6.18 Å². The minimum absolute atomic E-state index is 0.358. The van der Waals surface area contributed by atoms with E-state index in [2.05, 4.69) is 10.2 Å². The fraction of sp³-hybridized carbons (Fsp3) is 0.571. The quantitative estimate of drug-likeness (QED) is 0.861. The second-order valence-electron chi connectivity index (χ2n) is 5.19. The molecule has 0 aliphatic carbocycles. The highest BCUT2D eigenvalue weighted by Gasteiger charge is 2.31. The van der Waals surface area contributed by atoms with E-state index in [4.69, 9.17) is 0 Å². The monoisotopic (exact) mass is 290 g/mol. The van der Waals surface area contributed by atoms with Crippen LogP contribution in [0.25, 0.3) is 0 Å². The fourth-order valence-corrected chi connectivity index (χ4v) is 2.54. The van der Waals surface area contributed by atoms with E-state index < -0.39 is 17.6 Å². The molecule has 0 atom stereocenters. The van der Waals surface area contributed by atoms with Crippen LogP contribution < -0.4 is 5.32 Å². The van der Waals surface area contributed by atoms with Crippen molar-refractivity contribution in [1.82, 2.24) is 10.2 Å². The Kier molecular flexibility index (Phi) is 4.65. The van der Waals surface area contributed by atoms with E-state index in [0.717, 1.165) is 32.0 Å². The lowest BCUT2D eigenvalue weighted by Gasteiger charge is -2.31. The molecule has 0 bridgehead atoms. The average Bonchev–Trinajstić information content (AvgIpc) is 2.38. The first-order chi connectivity index (χ1) is 9.38. The largest absolute Gasteiger partial charge is 0.416 e. The number of halogens is 4. The van der Waals surface area contributed by atoms with Gasteiger partial charge in [0.15, 0.2) is 0 Å². The van der Waals surface area contributed by atoms with Gasteiger partial charge in [-0.2, -0.15) is 13.2 Å². The number of nitrogens with zero attached hydrogens (tertiary/aromatic N) is 1. The van der Waals surface area contributed by atoms with Gasteiger partial charge in [-0.25, -0.2) is 4.39 Å². The lowest BCUT2D eigenvalue weighted by Crippen LogP contribution is -2.40. The van der Waals surface area contributed by atoms with Crippen LogP contribution in [0, 0.1) is 5.82 Å². The maximum atomic E-state index is 13.3. The summed E-state index contributed by atoms with van der Waals surface area (Å²) in [5.74, 6) is -0.833. The van der Waals surface area contributed by atoms with E-state index in [0.29, 0.717) is 24.2 Å². The van der Waals surface area contributed by atoms with E-state index in [-0.39, 0.29) is 0 Å². The van der Waals surface area contributed by atoms with Crippen molar-refractivity contribution in [2.75, 3.05) is 20.1 Å². The normalized spacial score (nSPS) is 18.4. The Bertz CT molecular complexity index is 451. The zero-order chi connectivity index (χ0) is 14.8. The summed E-state index contributed by atoms with van der Waals surface area (Å²) in [4.78, 5) is 2.06. The second kappa shape index (κ2) is 6.10. The van der Waals surface area contributed by atoms with Crippen molar-refractivity contribution >= 4 is 0 Å². The Hall–Kier alpha value is -1.14. The van der Waals surface area contributed by atoms with Gasteiger partial charge in [0, 0.05) is 12.6 Å². The molecule has 112 valence electrons. The highest BCUT2D eigenvalue weighted by molar-refractivity contribution is 5.26. The van der Waals surface area contributed by atoms with Crippen LogP contribution in [0.1, 0.15) is 24.0 Å². The first-order valence-electron chi connectivity index (χ1n) is 6.65.